The summed E-state index contributed by atoms with van der Waals surface area (Å²) in [4.78, 5) is 0. The first-order chi connectivity index (χ1) is 9.54. The number of ether oxygens (including phenoxy) is 1. The Hall–Kier alpha value is -1.54. The van der Waals surface area contributed by atoms with Crippen molar-refractivity contribution in [2.24, 2.45) is 0 Å². The second-order valence-electron chi connectivity index (χ2n) is 5.39. The predicted molar refractivity (Wildman–Crippen MR) is 79.1 cm³/mol. The van der Waals surface area contributed by atoms with E-state index in [9.17, 15) is 4.39 Å². The minimum atomic E-state index is -0.476. The summed E-state index contributed by atoms with van der Waals surface area (Å²) in [5.41, 5.74) is 3.59. The SMILES string of the molecule is Cc1ccc(F)c(C(Cl)c2ccc3c(c2)CC(C)O3)c1. The molecule has 2 aromatic rings. The van der Waals surface area contributed by atoms with Gasteiger partial charge in [0, 0.05) is 12.0 Å². The number of benzene rings is 2. The van der Waals surface area contributed by atoms with Crippen LogP contribution in [0, 0.1) is 12.7 Å². The van der Waals surface area contributed by atoms with Gasteiger partial charge in [0.2, 0.25) is 0 Å². The molecule has 2 atom stereocenters. The number of fused-ring (bicyclic) bond motifs is 1. The molecule has 0 saturated heterocycles. The van der Waals surface area contributed by atoms with E-state index in [0.29, 0.717) is 5.56 Å². The van der Waals surface area contributed by atoms with Crippen LogP contribution in [0.1, 0.15) is 34.6 Å². The summed E-state index contributed by atoms with van der Waals surface area (Å²) < 4.78 is 19.6. The summed E-state index contributed by atoms with van der Waals surface area (Å²) in [6.07, 6.45) is 1.08. The fraction of sp³-hybridized carbons (Fsp3) is 0.294. The molecule has 104 valence electrons. The molecule has 20 heavy (non-hydrogen) atoms. The van der Waals surface area contributed by atoms with Crippen molar-refractivity contribution < 1.29 is 9.13 Å². The molecule has 3 rings (SSSR count). The third-order valence-electron chi connectivity index (χ3n) is 3.64. The van der Waals surface area contributed by atoms with E-state index in [2.05, 4.69) is 0 Å². The molecule has 2 unspecified atom stereocenters. The minimum absolute atomic E-state index is 0.199. The second kappa shape index (κ2) is 5.10. The van der Waals surface area contributed by atoms with Crippen LogP contribution < -0.4 is 4.74 Å². The van der Waals surface area contributed by atoms with Gasteiger partial charge in [0.1, 0.15) is 17.7 Å². The molecule has 0 radical (unpaired) electrons. The number of halogens is 2. The van der Waals surface area contributed by atoms with Crippen LogP contribution in [0.4, 0.5) is 4.39 Å². The molecule has 0 aliphatic carbocycles. The van der Waals surface area contributed by atoms with Gasteiger partial charge in [-0.05, 0) is 37.1 Å². The minimum Gasteiger partial charge on any atom is -0.490 e. The molecule has 0 saturated carbocycles. The normalized spacial score (nSPS) is 18.5. The highest BCUT2D eigenvalue weighted by Gasteiger charge is 2.22. The Labute approximate surface area is 123 Å². The molecule has 0 spiro atoms. The maximum Gasteiger partial charge on any atom is 0.128 e. The van der Waals surface area contributed by atoms with Crippen molar-refractivity contribution in [1.82, 2.24) is 0 Å². The van der Waals surface area contributed by atoms with E-state index >= 15 is 0 Å². The van der Waals surface area contributed by atoms with E-state index in [1.165, 1.54) is 6.07 Å². The number of aryl methyl sites for hydroxylation is 1. The van der Waals surface area contributed by atoms with Gasteiger partial charge in [0.15, 0.2) is 0 Å². The first-order valence-electron chi connectivity index (χ1n) is 6.74. The Morgan fingerprint density at radius 1 is 1.25 bits per heavy atom. The van der Waals surface area contributed by atoms with Crippen LogP contribution in [0.2, 0.25) is 0 Å². The lowest BCUT2D eigenvalue weighted by atomic mass is 9.99. The molecule has 0 amide bonds. The van der Waals surface area contributed by atoms with Gasteiger partial charge in [-0.2, -0.15) is 0 Å². The molecule has 0 aromatic heterocycles. The van der Waals surface area contributed by atoms with Crippen LogP contribution in [0.25, 0.3) is 0 Å². The molecule has 0 N–H and O–H groups in total. The van der Waals surface area contributed by atoms with Crippen molar-refractivity contribution in [3.05, 3.63) is 64.5 Å². The zero-order valence-electron chi connectivity index (χ0n) is 11.5. The van der Waals surface area contributed by atoms with E-state index < -0.39 is 5.38 Å². The van der Waals surface area contributed by atoms with Crippen molar-refractivity contribution in [3.63, 3.8) is 0 Å². The summed E-state index contributed by atoms with van der Waals surface area (Å²) in [5.74, 6) is 0.649. The molecule has 0 fully saturated rings. The first-order valence-corrected chi connectivity index (χ1v) is 7.18. The zero-order valence-corrected chi connectivity index (χ0v) is 12.2. The maximum absolute atomic E-state index is 13.9. The van der Waals surface area contributed by atoms with Gasteiger partial charge < -0.3 is 4.74 Å². The number of hydrogen-bond donors (Lipinski definition) is 0. The Morgan fingerprint density at radius 3 is 2.85 bits per heavy atom. The average molecular weight is 291 g/mol. The van der Waals surface area contributed by atoms with Gasteiger partial charge >= 0.3 is 0 Å². The molecule has 1 heterocycles. The highest BCUT2D eigenvalue weighted by molar-refractivity contribution is 6.22. The van der Waals surface area contributed by atoms with Crippen LogP contribution in [0.15, 0.2) is 36.4 Å². The van der Waals surface area contributed by atoms with Gasteiger partial charge in [0.25, 0.3) is 0 Å². The molecule has 1 aliphatic heterocycles. The largest absolute Gasteiger partial charge is 0.490 e. The molecule has 2 aromatic carbocycles. The monoisotopic (exact) mass is 290 g/mol. The molecular formula is C17H16ClFO. The van der Waals surface area contributed by atoms with Gasteiger partial charge in [0.05, 0.1) is 5.38 Å². The topological polar surface area (TPSA) is 9.23 Å². The van der Waals surface area contributed by atoms with Crippen LogP contribution in [0.5, 0.6) is 5.75 Å². The van der Waals surface area contributed by atoms with E-state index in [4.69, 9.17) is 16.3 Å². The highest BCUT2D eigenvalue weighted by atomic mass is 35.5. The smallest absolute Gasteiger partial charge is 0.128 e. The third kappa shape index (κ3) is 2.40. The molecule has 1 aliphatic rings. The number of alkyl halides is 1. The maximum atomic E-state index is 13.9. The Balaban J connectivity index is 1.97. The quantitative estimate of drug-likeness (QED) is 0.723. The predicted octanol–water partition coefficient (Wildman–Crippen LogP) is 4.79. The van der Waals surface area contributed by atoms with Crippen molar-refractivity contribution in [1.29, 1.82) is 0 Å². The lowest BCUT2D eigenvalue weighted by molar-refractivity contribution is 0.254. The summed E-state index contributed by atoms with van der Waals surface area (Å²) >= 11 is 6.47. The van der Waals surface area contributed by atoms with Crippen molar-refractivity contribution in [2.45, 2.75) is 31.7 Å². The Bertz CT molecular complexity index is 653. The Kier molecular flexibility index (Phi) is 3.43. The standard InChI is InChI=1S/C17H16ClFO/c1-10-3-5-15(19)14(7-10)17(18)12-4-6-16-13(9-12)8-11(2)20-16/h3-7,9,11,17H,8H2,1-2H3. The summed E-state index contributed by atoms with van der Waals surface area (Å²) in [7, 11) is 0. The van der Waals surface area contributed by atoms with Crippen molar-refractivity contribution in [3.8, 4) is 5.75 Å². The molecular weight excluding hydrogens is 275 g/mol. The van der Waals surface area contributed by atoms with Crippen LogP contribution in [0.3, 0.4) is 0 Å². The van der Waals surface area contributed by atoms with Crippen LogP contribution >= 0.6 is 11.6 Å². The van der Waals surface area contributed by atoms with E-state index in [1.807, 2.05) is 32.0 Å². The fourth-order valence-corrected chi connectivity index (χ4v) is 2.94. The van der Waals surface area contributed by atoms with Gasteiger partial charge in [-0.3, -0.25) is 0 Å². The summed E-state index contributed by atoms with van der Waals surface area (Å²) in [6, 6.07) is 10.9. The third-order valence-corrected chi connectivity index (χ3v) is 4.12. The van der Waals surface area contributed by atoms with E-state index in [0.717, 1.165) is 28.9 Å². The van der Waals surface area contributed by atoms with Gasteiger partial charge in [-0.1, -0.05) is 29.8 Å². The van der Waals surface area contributed by atoms with Gasteiger partial charge in [-0.25, -0.2) is 4.39 Å². The number of rotatable bonds is 2. The highest BCUT2D eigenvalue weighted by Crippen LogP contribution is 2.36. The fourth-order valence-electron chi connectivity index (χ4n) is 2.64. The average Bonchev–Trinajstić information content (AvgIpc) is 2.79. The molecule has 0 bridgehead atoms. The first kappa shape index (κ1) is 13.4. The molecule has 1 nitrogen and oxygen atoms in total. The zero-order chi connectivity index (χ0) is 14.3. The second-order valence-corrected chi connectivity index (χ2v) is 5.82. The Morgan fingerprint density at radius 2 is 2.05 bits per heavy atom. The van der Waals surface area contributed by atoms with Crippen molar-refractivity contribution in [2.75, 3.05) is 0 Å². The van der Waals surface area contributed by atoms with Crippen LogP contribution in [-0.2, 0) is 6.42 Å². The van der Waals surface area contributed by atoms with Crippen molar-refractivity contribution >= 4 is 11.6 Å². The lowest BCUT2D eigenvalue weighted by Gasteiger charge is -2.13. The van der Waals surface area contributed by atoms with E-state index in [-0.39, 0.29) is 11.9 Å². The number of hydrogen-bond acceptors (Lipinski definition) is 1. The van der Waals surface area contributed by atoms with Crippen LogP contribution in [-0.4, -0.2) is 6.10 Å². The van der Waals surface area contributed by atoms with E-state index in [1.54, 1.807) is 12.1 Å². The van der Waals surface area contributed by atoms with Gasteiger partial charge in [-0.15, -0.1) is 11.6 Å². The lowest BCUT2D eigenvalue weighted by Crippen LogP contribution is -2.05. The molecule has 3 heteroatoms. The summed E-state index contributed by atoms with van der Waals surface area (Å²) in [5, 5.41) is -0.476. The summed E-state index contributed by atoms with van der Waals surface area (Å²) in [6.45, 7) is 3.98.